The van der Waals surface area contributed by atoms with E-state index >= 15 is 0 Å². The Balaban J connectivity index is 1.89. The summed E-state index contributed by atoms with van der Waals surface area (Å²) in [5.41, 5.74) is -1.81. The number of hydrogen-bond acceptors (Lipinski definition) is 7. The van der Waals surface area contributed by atoms with Crippen molar-refractivity contribution in [1.82, 2.24) is 0 Å². The quantitative estimate of drug-likeness (QED) is 0.403. The maximum absolute atomic E-state index is 13.2. The van der Waals surface area contributed by atoms with E-state index in [0.29, 0.717) is 30.4 Å². The fourth-order valence-electron chi connectivity index (χ4n) is 7.60. The Morgan fingerprint density at radius 3 is 2.44 bits per heavy atom. The molecule has 4 rings (SSSR count). The number of carbonyl (C=O) groups is 3. The molecule has 0 aromatic heterocycles. The molecule has 2 N–H and O–H groups in total. The van der Waals surface area contributed by atoms with Crippen LogP contribution in [-0.2, 0) is 23.9 Å². The Morgan fingerprint density at radius 1 is 1.19 bits per heavy atom. The van der Waals surface area contributed by atoms with Gasteiger partial charge in [-0.1, -0.05) is 53.7 Å². The lowest BCUT2D eigenvalue weighted by Gasteiger charge is -2.52. The van der Waals surface area contributed by atoms with Crippen molar-refractivity contribution < 1.29 is 34.1 Å². The first kappa shape index (κ1) is 27.1. The van der Waals surface area contributed by atoms with Crippen molar-refractivity contribution in [3.05, 3.63) is 23.3 Å². The fourth-order valence-corrected chi connectivity index (χ4v) is 7.60. The van der Waals surface area contributed by atoms with Gasteiger partial charge >= 0.3 is 11.9 Å². The molecule has 0 spiro atoms. The van der Waals surface area contributed by atoms with Crippen molar-refractivity contribution in [3.8, 4) is 0 Å². The maximum Gasteiger partial charge on any atom is 0.309 e. The number of hydrogen-bond donors (Lipinski definition) is 2. The molecule has 36 heavy (non-hydrogen) atoms. The Labute approximate surface area is 214 Å². The van der Waals surface area contributed by atoms with Gasteiger partial charge in [-0.3, -0.25) is 14.4 Å². The zero-order valence-corrected chi connectivity index (χ0v) is 22.7. The summed E-state index contributed by atoms with van der Waals surface area (Å²) in [6, 6.07) is 0. The normalized spacial score (nSPS) is 41.1. The van der Waals surface area contributed by atoms with E-state index in [-0.39, 0.29) is 42.6 Å². The maximum atomic E-state index is 13.2. The number of fused-ring (bicyclic) bond motifs is 5. The van der Waals surface area contributed by atoms with Gasteiger partial charge in [0.15, 0.2) is 11.4 Å². The van der Waals surface area contributed by atoms with Crippen LogP contribution in [0.4, 0.5) is 0 Å². The summed E-state index contributed by atoms with van der Waals surface area (Å²) in [7, 11) is 0. The molecule has 7 nitrogen and oxygen atoms in total. The van der Waals surface area contributed by atoms with E-state index in [1.54, 1.807) is 6.92 Å². The molecule has 0 bridgehead atoms. The summed E-state index contributed by atoms with van der Waals surface area (Å²) in [5.74, 6) is -3.49. The van der Waals surface area contributed by atoms with Crippen LogP contribution in [0, 0.1) is 40.9 Å². The Hall–Kier alpha value is -1.99. The summed E-state index contributed by atoms with van der Waals surface area (Å²) >= 11 is 0. The van der Waals surface area contributed by atoms with Crippen LogP contribution >= 0.6 is 0 Å². The lowest BCUT2D eigenvalue weighted by atomic mass is 9.59. The van der Waals surface area contributed by atoms with Crippen LogP contribution in [0.1, 0.15) is 74.1 Å². The van der Waals surface area contributed by atoms with Gasteiger partial charge in [-0.25, -0.2) is 0 Å². The van der Waals surface area contributed by atoms with E-state index < -0.39 is 46.4 Å². The van der Waals surface area contributed by atoms with E-state index in [1.807, 2.05) is 53.7 Å². The van der Waals surface area contributed by atoms with Crippen LogP contribution in [0.25, 0.3) is 0 Å². The summed E-state index contributed by atoms with van der Waals surface area (Å²) < 4.78 is 12.4. The van der Waals surface area contributed by atoms with Gasteiger partial charge in [0.2, 0.25) is 0 Å². The minimum Gasteiger partial charge on any atom is -0.458 e. The van der Waals surface area contributed by atoms with E-state index in [0.717, 1.165) is 0 Å². The molecule has 0 aliphatic heterocycles. The highest BCUT2D eigenvalue weighted by Crippen LogP contribution is 2.77. The van der Waals surface area contributed by atoms with Gasteiger partial charge in [0.05, 0.1) is 18.1 Å². The Morgan fingerprint density at radius 2 is 1.86 bits per heavy atom. The third-order valence-corrected chi connectivity index (χ3v) is 9.88. The number of ketones is 1. The second-order valence-electron chi connectivity index (χ2n) is 12.1. The fraction of sp³-hybridized carbons (Fsp3) is 0.759. The monoisotopic (exact) mass is 502 g/mol. The van der Waals surface area contributed by atoms with Crippen molar-refractivity contribution in [2.75, 3.05) is 6.61 Å². The molecule has 7 heteroatoms. The average molecular weight is 503 g/mol. The molecule has 9 atom stereocenters. The zero-order valence-electron chi connectivity index (χ0n) is 22.7. The largest absolute Gasteiger partial charge is 0.458 e. The van der Waals surface area contributed by atoms with Crippen LogP contribution in [0.15, 0.2) is 23.3 Å². The molecule has 4 aliphatic rings. The molecule has 0 radical (unpaired) electrons. The zero-order chi connectivity index (χ0) is 26.8. The predicted molar refractivity (Wildman–Crippen MR) is 133 cm³/mol. The van der Waals surface area contributed by atoms with Crippen molar-refractivity contribution in [1.29, 1.82) is 0 Å². The van der Waals surface area contributed by atoms with Gasteiger partial charge in [-0.05, 0) is 37.3 Å². The second kappa shape index (κ2) is 9.09. The molecule has 0 aromatic rings. The van der Waals surface area contributed by atoms with Gasteiger partial charge in [0, 0.05) is 41.4 Å². The van der Waals surface area contributed by atoms with Crippen LogP contribution in [0.2, 0.25) is 0 Å². The van der Waals surface area contributed by atoms with Crippen LogP contribution in [0.5, 0.6) is 0 Å². The molecule has 0 unspecified atom stereocenters. The summed E-state index contributed by atoms with van der Waals surface area (Å²) in [6.07, 6.45) is 4.75. The first-order chi connectivity index (χ1) is 16.8. The van der Waals surface area contributed by atoms with Gasteiger partial charge in [0.25, 0.3) is 0 Å². The third-order valence-electron chi connectivity index (χ3n) is 9.88. The number of allylic oxidation sites excluding steroid dienone is 1. The highest BCUT2D eigenvalue weighted by atomic mass is 16.6. The molecule has 0 heterocycles. The Kier molecular flexibility index (Phi) is 6.83. The van der Waals surface area contributed by atoms with Crippen LogP contribution in [0.3, 0.4) is 0 Å². The van der Waals surface area contributed by atoms with Gasteiger partial charge in [-0.2, -0.15) is 0 Å². The smallest absolute Gasteiger partial charge is 0.309 e. The molecular weight excluding hydrogens is 460 g/mol. The molecule has 0 saturated heterocycles. The van der Waals surface area contributed by atoms with E-state index in [2.05, 4.69) is 0 Å². The lowest BCUT2D eigenvalue weighted by molar-refractivity contribution is -0.222. The molecule has 0 amide bonds. The topological polar surface area (TPSA) is 110 Å². The van der Waals surface area contributed by atoms with Crippen molar-refractivity contribution >= 4 is 17.7 Å². The molecule has 2 fully saturated rings. The number of esters is 2. The SMILES string of the molecule is CCCC(=O)O[C@@H]1[C@@H](C)[C@]2(O)[C@@H]3C=C(C)C(=O)[C@@H]3CC(CO)=C[C@H]2[C@@H]2C(C)(C)[C@]12OC(=O)[C@@H](C)CC. The molecule has 2 saturated carbocycles. The van der Waals surface area contributed by atoms with Gasteiger partial charge in [-0.15, -0.1) is 0 Å². The number of Topliss-reactive ketones (excluding diaryl/α,β-unsaturated/α-hetero) is 1. The van der Waals surface area contributed by atoms with Crippen molar-refractivity contribution in [2.45, 2.75) is 91.5 Å². The lowest BCUT2D eigenvalue weighted by Crippen LogP contribution is -2.63. The molecule has 0 aromatic carbocycles. The van der Waals surface area contributed by atoms with Crippen molar-refractivity contribution in [2.24, 2.45) is 40.9 Å². The van der Waals surface area contributed by atoms with E-state index in [9.17, 15) is 24.6 Å². The highest BCUT2D eigenvalue weighted by molar-refractivity contribution is 6.00. The minimum absolute atomic E-state index is 0.0183. The van der Waals surface area contributed by atoms with Gasteiger partial charge < -0.3 is 19.7 Å². The number of aliphatic hydroxyl groups excluding tert-OH is 1. The molecule has 4 aliphatic carbocycles. The first-order valence-electron chi connectivity index (χ1n) is 13.5. The second-order valence-corrected chi connectivity index (χ2v) is 12.1. The summed E-state index contributed by atoms with van der Waals surface area (Å²) in [6.45, 7) is 13.0. The predicted octanol–water partition coefficient (Wildman–Crippen LogP) is 3.76. The number of rotatable bonds is 7. The van der Waals surface area contributed by atoms with Crippen LogP contribution < -0.4 is 0 Å². The number of ether oxygens (including phenoxy) is 2. The summed E-state index contributed by atoms with van der Waals surface area (Å²) in [5, 5.41) is 22.8. The standard InChI is InChI=1S/C29H42O7/c1-8-10-22(31)35-25-17(5)28(34)20-11-16(4)23(32)19(20)12-18(14-30)13-21(28)24-27(6,7)29(24,25)36-26(33)15(3)9-2/h11,13,15,17,19-21,24-25,30,34H,8-10,12,14H2,1-7H3/t15-,17+,19+,20+,21-,24+,25+,28-,29+/m0/s1. The van der Waals surface area contributed by atoms with Crippen LogP contribution in [-0.4, -0.2) is 51.8 Å². The first-order valence-corrected chi connectivity index (χ1v) is 13.5. The van der Waals surface area contributed by atoms with Gasteiger partial charge in [0.1, 0.15) is 6.10 Å². The Bertz CT molecular complexity index is 1010. The highest BCUT2D eigenvalue weighted by Gasteiger charge is 2.87. The van der Waals surface area contributed by atoms with E-state index in [4.69, 9.17) is 9.47 Å². The molecule has 200 valence electrons. The summed E-state index contributed by atoms with van der Waals surface area (Å²) in [4.78, 5) is 39.2. The average Bonchev–Trinajstić information content (AvgIpc) is 3.22. The number of carbonyl (C=O) groups excluding carboxylic acids is 3. The van der Waals surface area contributed by atoms with E-state index in [1.165, 1.54) is 0 Å². The number of aliphatic hydroxyl groups is 2. The minimum atomic E-state index is -1.42. The van der Waals surface area contributed by atoms with Crippen molar-refractivity contribution in [3.63, 3.8) is 0 Å². The molecular formula is C29H42O7. The third kappa shape index (κ3) is 3.56.